The van der Waals surface area contributed by atoms with Crippen molar-refractivity contribution in [2.75, 3.05) is 24.7 Å². The number of pyridine rings is 1. The molecule has 0 aliphatic carbocycles. The maximum Gasteiger partial charge on any atom is 0.271 e. The number of amides is 2. The number of likely N-dealkylation sites (tertiary alicyclic amines) is 1. The summed E-state index contributed by atoms with van der Waals surface area (Å²) in [6.45, 7) is 0.504. The van der Waals surface area contributed by atoms with Crippen molar-refractivity contribution < 1.29 is 22.9 Å². The van der Waals surface area contributed by atoms with Gasteiger partial charge < -0.3 is 10.2 Å². The average molecular weight is 467 g/mol. The SMILES string of the molecule is CS(=O)(=O)c1cc(C(=O)N2CCC(C(=O)Nc3ccc(Cl)cn3)CC2)cc([N+](=O)[O-])c1. The Balaban J connectivity index is 1.68. The number of carbonyl (C=O) groups is 2. The average Bonchev–Trinajstić information content (AvgIpc) is 2.74. The first-order valence-corrected chi connectivity index (χ1v) is 11.5. The van der Waals surface area contributed by atoms with Crippen molar-refractivity contribution in [3.8, 4) is 0 Å². The first-order valence-electron chi connectivity index (χ1n) is 9.26. The molecule has 1 N–H and O–H groups in total. The largest absolute Gasteiger partial charge is 0.339 e. The third-order valence-electron chi connectivity index (χ3n) is 4.91. The molecule has 0 radical (unpaired) electrons. The smallest absolute Gasteiger partial charge is 0.271 e. The minimum absolute atomic E-state index is 0.0807. The van der Waals surface area contributed by atoms with E-state index in [1.54, 1.807) is 12.1 Å². The van der Waals surface area contributed by atoms with Gasteiger partial charge in [-0.3, -0.25) is 19.7 Å². The highest BCUT2D eigenvalue weighted by molar-refractivity contribution is 7.90. The fourth-order valence-electron chi connectivity index (χ4n) is 3.23. The first-order chi connectivity index (χ1) is 14.5. The van der Waals surface area contributed by atoms with E-state index in [4.69, 9.17) is 11.6 Å². The lowest BCUT2D eigenvalue weighted by atomic mass is 9.95. The topological polar surface area (TPSA) is 140 Å². The van der Waals surface area contributed by atoms with Gasteiger partial charge in [0.15, 0.2) is 9.84 Å². The van der Waals surface area contributed by atoms with Gasteiger partial charge in [-0.05, 0) is 31.0 Å². The molecule has 2 heterocycles. The predicted molar refractivity (Wildman–Crippen MR) is 113 cm³/mol. The quantitative estimate of drug-likeness (QED) is 0.527. The van der Waals surface area contributed by atoms with Gasteiger partial charge in [-0.1, -0.05) is 11.6 Å². The molecule has 1 saturated heterocycles. The summed E-state index contributed by atoms with van der Waals surface area (Å²) in [6, 6.07) is 6.31. The number of halogens is 1. The number of sulfone groups is 1. The van der Waals surface area contributed by atoms with E-state index in [2.05, 4.69) is 10.3 Å². The lowest BCUT2D eigenvalue weighted by Crippen LogP contribution is -2.41. The molecule has 12 heteroatoms. The number of hydrogen-bond donors (Lipinski definition) is 1. The van der Waals surface area contributed by atoms with E-state index in [0.29, 0.717) is 23.7 Å². The zero-order chi connectivity index (χ0) is 22.8. The Labute approximate surface area is 183 Å². The molecule has 2 amide bonds. The van der Waals surface area contributed by atoms with Crippen LogP contribution in [0.1, 0.15) is 23.2 Å². The normalized spacial score (nSPS) is 14.8. The molecule has 1 aromatic heterocycles. The van der Waals surface area contributed by atoms with E-state index in [0.717, 1.165) is 24.5 Å². The van der Waals surface area contributed by atoms with Gasteiger partial charge in [-0.2, -0.15) is 0 Å². The molecule has 1 aliphatic rings. The molecule has 10 nitrogen and oxygen atoms in total. The minimum Gasteiger partial charge on any atom is -0.339 e. The Morgan fingerprint density at radius 1 is 1.23 bits per heavy atom. The number of anilines is 1. The van der Waals surface area contributed by atoms with Gasteiger partial charge in [-0.15, -0.1) is 0 Å². The number of nitro groups is 1. The monoisotopic (exact) mass is 466 g/mol. The summed E-state index contributed by atoms with van der Waals surface area (Å²) < 4.78 is 23.7. The van der Waals surface area contributed by atoms with Crippen molar-refractivity contribution in [3.63, 3.8) is 0 Å². The number of aromatic nitrogens is 1. The number of non-ortho nitro benzene ring substituents is 1. The van der Waals surface area contributed by atoms with Crippen molar-refractivity contribution in [3.05, 3.63) is 57.2 Å². The summed E-state index contributed by atoms with van der Waals surface area (Å²) in [5.74, 6) is -0.709. The summed E-state index contributed by atoms with van der Waals surface area (Å²) >= 11 is 5.77. The van der Waals surface area contributed by atoms with Gasteiger partial charge in [0.25, 0.3) is 11.6 Å². The van der Waals surface area contributed by atoms with Crippen LogP contribution in [-0.4, -0.2) is 54.4 Å². The van der Waals surface area contributed by atoms with Crippen LogP contribution in [0.25, 0.3) is 0 Å². The zero-order valence-corrected chi connectivity index (χ0v) is 18.0. The minimum atomic E-state index is -3.74. The highest BCUT2D eigenvalue weighted by Crippen LogP contribution is 2.25. The van der Waals surface area contributed by atoms with Crippen molar-refractivity contribution in [2.24, 2.45) is 5.92 Å². The van der Waals surface area contributed by atoms with E-state index < -0.39 is 26.4 Å². The Bertz CT molecular complexity index is 1130. The van der Waals surface area contributed by atoms with E-state index in [9.17, 15) is 28.1 Å². The van der Waals surface area contributed by atoms with E-state index in [1.165, 1.54) is 11.1 Å². The van der Waals surface area contributed by atoms with Crippen LogP contribution >= 0.6 is 11.6 Å². The van der Waals surface area contributed by atoms with Crippen LogP contribution in [0, 0.1) is 16.0 Å². The summed E-state index contributed by atoms with van der Waals surface area (Å²) in [5.41, 5.74) is -0.557. The molecule has 0 unspecified atom stereocenters. The van der Waals surface area contributed by atoms with E-state index >= 15 is 0 Å². The van der Waals surface area contributed by atoms with Crippen LogP contribution in [0.5, 0.6) is 0 Å². The van der Waals surface area contributed by atoms with Crippen molar-refractivity contribution >= 4 is 44.8 Å². The molecule has 3 rings (SSSR count). The number of nitrogens with zero attached hydrogens (tertiary/aromatic N) is 3. The number of piperidine rings is 1. The van der Waals surface area contributed by atoms with Crippen LogP contribution in [-0.2, 0) is 14.6 Å². The van der Waals surface area contributed by atoms with Crippen LogP contribution in [0.4, 0.5) is 11.5 Å². The Kier molecular flexibility index (Phi) is 6.56. The maximum atomic E-state index is 12.8. The van der Waals surface area contributed by atoms with E-state index in [-0.39, 0.29) is 35.4 Å². The van der Waals surface area contributed by atoms with Gasteiger partial charge in [0.05, 0.1) is 14.8 Å². The molecule has 1 aromatic carbocycles. The second-order valence-electron chi connectivity index (χ2n) is 7.16. The second-order valence-corrected chi connectivity index (χ2v) is 9.61. The number of hydrogen-bond acceptors (Lipinski definition) is 7. The fourth-order valence-corrected chi connectivity index (χ4v) is 4.02. The molecule has 0 atom stereocenters. The van der Waals surface area contributed by atoms with Gasteiger partial charge in [0.2, 0.25) is 5.91 Å². The fraction of sp³-hybridized carbons (Fsp3) is 0.316. The van der Waals surface area contributed by atoms with Gasteiger partial charge >= 0.3 is 0 Å². The second kappa shape index (κ2) is 8.98. The predicted octanol–water partition coefficient (Wildman–Crippen LogP) is 2.54. The Morgan fingerprint density at radius 2 is 1.90 bits per heavy atom. The summed E-state index contributed by atoms with van der Waals surface area (Å²) in [6.07, 6.45) is 3.11. The number of benzene rings is 1. The molecule has 1 fully saturated rings. The first kappa shape index (κ1) is 22.6. The highest BCUT2D eigenvalue weighted by Gasteiger charge is 2.29. The lowest BCUT2D eigenvalue weighted by Gasteiger charge is -2.31. The number of nitrogens with one attached hydrogen (secondary N) is 1. The number of carbonyl (C=O) groups excluding carboxylic acids is 2. The molecule has 0 bridgehead atoms. The standard InChI is InChI=1S/C19H19ClN4O6S/c1-31(29,30)16-9-13(8-15(10-16)24(27)28)19(26)23-6-4-12(5-7-23)18(25)22-17-3-2-14(20)11-21-17/h2-3,8-12H,4-7H2,1H3,(H,21,22,25). The van der Waals surface area contributed by atoms with Crippen LogP contribution < -0.4 is 5.32 Å². The van der Waals surface area contributed by atoms with E-state index in [1.807, 2.05) is 0 Å². The van der Waals surface area contributed by atoms with Gasteiger partial charge in [0.1, 0.15) is 5.82 Å². The highest BCUT2D eigenvalue weighted by atomic mass is 35.5. The molecule has 31 heavy (non-hydrogen) atoms. The summed E-state index contributed by atoms with van der Waals surface area (Å²) in [5, 5.41) is 14.3. The van der Waals surface area contributed by atoms with Crippen molar-refractivity contribution in [2.45, 2.75) is 17.7 Å². The molecule has 0 saturated carbocycles. The maximum absolute atomic E-state index is 12.8. The molecule has 2 aromatic rings. The summed E-state index contributed by atoms with van der Waals surface area (Å²) in [7, 11) is -3.74. The molecule has 1 aliphatic heterocycles. The Hall–Kier alpha value is -3.05. The van der Waals surface area contributed by atoms with Crippen LogP contribution in [0.3, 0.4) is 0 Å². The van der Waals surface area contributed by atoms with Gasteiger partial charge in [-0.25, -0.2) is 13.4 Å². The zero-order valence-electron chi connectivity index (χ0n) is 16.4. The molecule has 164 valence electrons. The number of nitro benzene ring substituents is 1. The summed E-state index contributed by atoms with van der Waals surface area (Å²) in [4.78, 5) is 40.9. The number of rotatable bonds is 5. The molecule has 0 spiro atoms. The molecular formula is C19H19ClN4O6S. The molecular weight excluding hydrogens is 448 g/mol. The van der Waals surface area contributed by atoms with Crippen LogP contribution in [0.2, 0.25) is 5.02 Å². The lowest BCUT2D eigenvalue weighted by molar-refractivity contribution is -0.385. The third kappa shape index (κ3) is 5.56. The third-order valence-corrected chi connectivity index (χ3v) is 6.22. The van der Waals surface area contributed by atoms with Crippen molar-refractivity contribution in [1.82, 2.24) is 9.88 Å². The Morgan fingerprint density at radius 3 is 2.45 bits per heavy atom. The van der Waals surface area contributed by atoms with Crippen LogP contribution in [0.15, 0.2) is 41.4 Å². The van der Waals surface area contributed by atoms with Crippen molar-refractivity contribution in [1.29, 1.82) is 0 Å². The van der Waals surface area contributed by atoms with Gasteiger partial charge in [0, 0.05) is 49.2 Å².